The van der Waals surface area contributed by atoms with Crippen molar-refractivity contribution in [2.45, 2.75) is 37.5 Å². The Bertz CT molecular complexity index is 998. The molecule has 0 radical (unpaired) electrons. The summed E-state index contributed by atoms with van der Waals surface area (Å²) >= 11 is 0. The smallest absolute Gasteiger partial charge is 0.255 e. The predicted octanol–water partition coefficient (Wildman–Crippen LogP) is -0.268. The molecule has 2 aromatic rings. The Morgan fingerprint density at radius 3 is 2.80 bits per heavy atom. The molecule has 1 unspecified atom stereocenters. The Hall–Kier alpha value is -3.04. The fourth-order valence-electron chi connectivity index (χ4n) is 4.51. The molecule has 2 fully saturated rings. The lowest BCUT2D eigenvalue weighted by molar-refractivity contribution is -0.136. The molecule has 1 aromatic heterocycles. The molecule has 3 aliphatic rings. The zero-order chi connectivity index (χ0) is 20.7. The van der Waals surface area contributed by atoms with E-state index in [-0.39, 0.29) is 29.7 Å². The van der Waals surface area contributed by atoms with Crippen LogP contribution in [0.15, 0.2) is 36.7 Å². The normalized spacial score (nSPS) is 22.6. The lowest BCUT2D eigenvalue weighted by Gasteiger charge is -2.43. The molecular weight excluding hydrogens is 384 g/mol. The largest absolute Gasteiger partial charge is 0.322 e. The number of fused-ring (bicyclic) bond motifs is 1. The Morgan fingerprint density at radius 2 is 2.10 bits per heavy atom. The van der Waals surface area contributed by atoms with Crippen LogP contribution >= 0.6 is 0 Å². The SMILES string of the molecule is O=C1CCC(N2Cc3cc(CNCC4(n5cccn5)CNC4)ccc3C2=O)C(=O)N1. The highest BCUT2D eigenvalue weighted by molar-refractivity contribution is 6.05. The molecule has 9 nitrogen and oxygen atoms in total. The first-order valence-corrected chi connectivity index (χ1v) is 10.2. The number of aromatic nitrogens is 2. The van der Waals surface area contributed by atoms with Crippen LogP contribution in [0.5, 0.6) is 0 Å². The van der Waals surface area contributed by atoms with Crippen molar-refractivity contribution >= 4 is 17.7 Å². The van der Waals surface area contributed by atoms with Crippen molar-refractivity contribution in [2.24, 2.45) is 0 Å². The molecule has 30 heavy (non-hydrogen) atoms. The molecule has 156 valence electrons. The summed E-state index contributed by atoms with van der Waals surface area (Å²) < 4.78 is 2.01. The number of benzene rings is 1. The van der Waals surface area contributed by atoms with Gasteiger partial charge in [-0.1, -0.05) is 12.1 Å². The highest BCUT2D eigenvalue weighted by atomic mass is 16.2. The van der Waals surface area contributed by atoms with E-state index in [9.17, 15) is 14.4 Å². The van der Waals surface area contributed by atoms with Gasteiger partial charge in [-0.25, -0.2) is 0 Å². The van der Waals surface area contributed by atoms with Gasteiger partial charge in [0.05, 0.1) is 5.54 Å². The van der Waals surface area contributed by atoms with Gasteiger partial charge in [0.1, 0.15) is 6.04 Å². The second kappa shape index (κ2) is 7.33. The zero-order valence-corrected chi connectivity index (χ0v) is 16.6. The first kappa shape index (κ1) is 19.0. The first-order chi connectivity index (χ1) is 14.6. The summed E-state index contributed by atoms with van der Waals surface area (Å²) in [6, 6.07) is 7.19. The van der Waals surface area contributed by atoms with E-state index in [0.29, 0.717) is 25.1 Å². The predicted molar refractivity (Wildman–Crippen MR) is 107 cm³/mol. The number of imide groups is 1. The molecule has 0 spiro atoms. The number of nitrogens with one attached hydrogen (secondary N) is 3. The Balaban J connectivity index is 1.24. The van der Waals surface area contributed by atoms with Crippen LogP contribution < -0.4 is 16.0 Å². The van der Waals surface area contributed by atoms with Gasteiger partial charge in [-0.3, -0.25) is 24.4 Å². The van der Waals surface area contributed by atoms with Crippen LogP contribution in [-0.4, -0.2) is 58.1 Å². The van der Waals surface area contributed by atoms with E-state index in [0.717, 1.165) is 30.8 Å². The van der Waals surface area contributed by atoms with E-state index in [1.165, 1.54) is 0 Å². The fraction of sp³-hybridized carbons (Fsp3) is 0.429. The molecule has 4 heterocycles. The van der Waals surface area contributed by atoms with E-state index >= 15 is 0 Å². The van der Waals surface area contributed by atoms with Crippen LogP contribution in [0.3, 0.4) is 0 Å². The van der Waals surface area contributed by atoms with Crippen LogP contribution in [0, 0.1) is 0 Å². The highest BCUT2D eigenvalue weighted by Crippen LogP contribution is 2.28. The van der Waals surface area contributed by atoms with Crippen molar-refractivity contribution in [3.05, 3.63) is 53.3 Å². The van der Waals surface area contributed by atoms with Gasteiger partial charge in [0.15, 0.2) is 0 Å². The molecule has 0 saturated carbocycles. The number of carbonyl (C=O) groups is 3. The quantitative estimate of drug-likeness (QED) is 0.568. The monoisotopic (exact) mass is 408 g/mol. The van der Waals surface area contributed by atoms with Crippen LogP contribution in [0.4, 0.5) is 0 Å². The standard InChI is InChI=1S/C21H24N6O3/c28-18-5-4-17(19(29)25-18)26-10-15-8-14(2-3-16(15)20(26)30)9-22-11-21(12-23-13-21)27-7-1-6-24-27/h1-3,6-8,17,22-23H,4-5,9-13H2,(H,25,28,29). The van der Waals surface area contributed by atoms with E-state index in [2.05, 4.69) is 21.0 Å². The molecule has 0 aliphatic carbocycles. The molecule has 9 heteroatoms. The number of amides is 3. The van der Waals surface area contributed by atoms with E-state index < -0.39 is 6.04 Å². The van der Waals surface area contributed by atoms with Crippen molar-refractivity contribution < 1.29 is 14.4 Å². The summed E-state index contributed by atoms with van der Waals surface area (Å²) in [6.45, 7) is 3.63. The van der Waals surface area contributed by atoms with Gasteiger partial charge in [-0.2, -0.15) is 5.10 Å². The second-order valence-corrected chi connectivity index (χ2v) is 8.27. The summed E-state index contributed by atoms with van der Waals surface area (Å²) in [7, 11) is 0. The summed E-state index contributed by atoms with van der Waals surface area (Å²) in [5.41, 5.74) is 2.61. The molecule has 3 N–H and O–H groups in total. The van der Waals surface area contributed by atoms with E-state index in [1.54, 1.807) is 11.1 Å². The van der Waals surface area contributed by atoms with Gasteiger partial charge in [-0.15, -0.1) is 0 Å². The molecule has 1 aromatic carbocycles. The third-order valence-electron chi connectivity index (χ3n) is 6.27. The van der Waals surface area contributed by atoms with Gasteiger partial charge < -0.3 is 15.5 Å². The Morgan fingerprint density at radius 1 is 1.23 bits per heavy atom. The van der Waals surface area contributed by atoms with Crippen LogP contribution in [0.1, 0.15) is 34.3 Å². The van der Waals surface area contributed by atoms with E-state index in [1.807, 2.05) is 35.1 Å². The van der Waals surface area contributed by atoms with Gasteiger partial charge in [0, 0.05) is 57.1 Å². The van der Waals surface area contributed by atoms with Crippen LogP contribution in [0.25, 0.3) is 0 Å². The van der Waals surface area contributed by atoms with Crippen molar-refractivity contribution in [3.8, 4) is 0 Å². The maximum absolute atomic E-state index is 12.8. The molecular formula is C21H24N6O3. The number of carbonyl (C=O) groups excluding carboxylic acids is 3. The van der Waals surface area contributed by atoms with Crippen molar-refractivity contribution in [2.75, 3.05) is 19.6 Å². The Labute approximate surface area is 173 Å². The molecule has 2 saturated heterocycles. The lowest BCUT2D eigenvalue weighted by Crippen LogP contribution is -2.65. The molecule has 5 rings (SSSR count). The second-order valence-electron chi connectivity index (χ2n) is 8.27. The summed E-state index contributed by atoms with van der Waals surface area (Å²) in [6.07, 6.45) is 4.43. The summed E-state index contributed by atoms with van der Waals surface area (Å²) in [4.78, 5) is 37.9. The minimum Gasteiger partial charge on any atom is -0.322 e. The Kier molecular flexibility index (Phi) is 4.63. The van der Waals surface area contributed by atoms with Crippen molar-refractivity contribution in [1.29, 1.82) is 0 Å². The fourth-order valence-corrected chi connectivity index (χ4v) is 4.51. The van der Waals surface area contributed by atoms with Gasteiger partial charge >= 0.3 is 0 Å². The molecule has 1 atom stereocenters. The number of hydrogen-bond donors (Lipinski definition) is 3. The first-order valence-electron chi connectivity index (χ1n) is 10.2. The maximum Gasteiger partial charge on any atom is 0.255 e. The van der Waals surface area contributed by atoms with Crippen LogP contribution in [0.2, 0.25) is 0 Å². The average Bonchev–Trinajstić information content (AvgIpc) is 3.33. The van der Waals surface area contributed by atoms with E-state index in [4.69, 9.17) is 0 Å². The molecule has 3 amide bonds. The van der Waals surface area contributed by atoms with Gasteiger partial charge in [0.25, 0.3) is 5.91 Å². The third kappa shape index (κ3) is 3.20. The topological polar surface area (TPSA) is 108 Å². The lowest BCUT2D eigenvalue weighted by atomic mass is 9.92. The summed E-state index contributed by atoms with van der Waals surface area (Å²) in [5.74, 6) is -0.798. The number of rotatable bonds is 6. The maximum atomic E-state index is 12.8. The average molecular weight is 408 g/mol. The molecule has 0 bridgehead atoms. The summed E-state index contributed by atoms with van der Waals surface area (Å²) in [5, 5.41) is 13.6. The number of nitrogens with zero attached hydrogens (tertiary/aromatic N) is 3. The van der Waals surface area contributed by atoms with Crippen molar-refractivity contribution in [1.82, 2.24) is 30.6 Å². The molecule has 3 aliphatic heterocycles. The minimum atomic E-state index is -0.579. The van der Waals surface area contributed by atoms with Crippen molar-refractivity contribution in [3.63, 3.8) is 0 Å². The highest BCUT2D eigenvalue weighted by Gasteiger charge is 2.40. The zero-order valence-electron chi connectivity index (χ0n) is 16.6. The third-order valence-corrected chi connectivity index (χ3v) is 6.27. The number of hydrogen-bond acceptors (Lipinski definition) is 6. The minimum absolute atomic E-state index is 0.0429. The van der Waals surface area contributed by atoms with Crippen LogP contribution in [-0.2, 0) is 28.2 Å². The number of piperidine rings is 1. The van der Waals surface area contributed by atoms with Gasteiger partial charge in [-0.05, 0) is 29.7 Å². The van der Waals surface area contributed by atoms with Gasteiger partial charge in [0.2, 0.25) is 11.8 Å².